The fourth-order valence-electron chi connectivity index (χ4n) is 6.64. The Kier molecular flexibility index (Phi) is 8.35. The van der Waals surface area contributed by atoms with Crippen LogP contribution >= 0.6 is 0 Å². The second-order valence-electron chi connectivity index (χ2n) is 12.1. The van der Waals surface area contributed by atoms with Crippen molar-refractivity contribution in [1.82, 2.24) is 24.8 Å². The maximum absolute atomic E-state index is 13.2. The second-order valence-corrected chi connectivity index (χ2v) is 12.1. The highest BCUT2D eigenvalue weighted by molar-refractivity contribution is 6.04. The number of ether oxygens (including phenoxy) is 1. The molecule has 2 amide bonds. The van der Waals surface area contributed by atoms with Crippen molar-refractivity contribution in [3.8, 4) is 28.3 Å². The minimum Gasteiger partial charge on any atom is -0.481 e. The molecule has 11 nitrogen and oxygen atoms in total. The molecule has 0 unspecified atom stereocenters. The van der Waals surface area contributed by atoms with Crippen LogP contribution in [0.25, 0.3) is 22.4 Å². The summed E-state index contributed by atoms with van der Waals surface area (Å²) in [6, 6.07) is 14.2. The van der Waals surface area contributed by atoms with E-state index in [4.69, 9.17) is 9.72 Å². The third-order valence-electron chi connectivity index (χ3n) is 9.22. The van der Waals surface area contributed by atoms with Crippen molar-refractivity contribution in [2.24, 2.45) is 14.1 Å². The van der Waals surface area contributed by atoms with Gasteiger partial charge in [0, 0.05) is 62.2 Å². The summed E-state index contributed by atoms with van der Waals surface area (Å²) in [6.45, 7) is 4.70. The molecule has 6 rings (SSSR count). The highest BCUT2D eigenvalue weighted by Crippen LogP contribution is 2.41. The van der Waals surface area contributed by atoms with E-state index in [1.165, 1.54) is 30.4 Å². The van der Waals surface area contributed by atoms with Crippen LogP contribution in [0.3, 0.4) is 0 Å². The summed E-state index contributed by atoms with van der Waals surface area (Å²) in [7, 11) is 4.50. The zero-order valence-electron chi connectivity index (χ0n) is 26.7. The molecule has 0 radical (unpaired) electrons. The Morgan fingerprint density at radius 3 is 2.43 bits per heavy atom. The second kappa shape index (κ2) is 12.4. The molecular formula is C35H38N6O5. The first-order chi connectivity index (χ1) is 22.1. The molecule has 2 aromatic carbocycles. The quantitative estimate of drug-likeness (QED) is 0.274. The molecule has 0 bridgehead atoms. The number of rotatable bonds is 8. The zero-order chi connectivity index (χ0) is 32.7. The lowest BCUT2D eigenvalue weighted by molar-refractivity contribution is -0.119. The monoisotopic (exact) mass is 622 g/mol. The molecule has 11 heteroatoms. The van der Waals surface area contributed by atoms with Gasteiger partial charge in [-0.2, -0.15) is 0 Å². The molecule has 1 saturated heterocycles. The van der Waals surface area contributed by atoms with Gasteiger partial charge in [-0.05, 0) is 73.1 Å². The number of carbonyl (C=O) groups excluding carboxylic acids is 2. The molecule has 1 aliphatic heterocycles. The lowest BCUT2D eigenvalue weighted by Crippen LogP contribution is -2.40. The van der Waals surface area contributed by atoms with E-state index in [9.17, 15) is 19.2 Å². The van der Waals surface area contributed by atoms with Gasteiger partial charge >= 0.3 is 5.69 Å². The SMILES string of the molecule is COc1nc(-c2cccc(-c3cccc(NC(=O)c4cn(C)c(=O)n(C)c4=O)c3C)c2C)cc2c1[C@@H](NC[C@@H]1CCC(=O)N1)CC2. The minimum atomic E-state index is -0.653. The molecule has 238 valence electrons. The Morgan fingerprint density at radius 1 is 1.00 bits per heavy atom. The summed E-state index contributed by atoms with van der Waals surface area (Å²) in [4.78, 5) is 54.5. The fraction of sp³-hybridized carbons (Fsp3) is 0.343. The number of benzene rings is 2. The molecule has 0 saturated carbocycles. The van der Waals surface area contributed by atoms with Gasteiger partial charge in [-0.15, -0.1) is 0 Å². The summed E-state index contributed by atoms with van der Waals surface area (Å²) in [5.41, 5.74) is 7.16. The number of carbonyl (C=O) groups is 2. The van der Waals surface area contributed by atoms with Gasteiger partial charge < -0.3 is 25.3 Å². The number of methoxy groups -OCH3 is 1. The van der Waals surface area contributed by atoms with Crippen LogP contribution in [0.15, 0.2) is 58.3 Å². The first-order valence-corrected chi connectivity index (χ1v) is 15.5. The number of anilines is 1. The number of aryl methyl sites for hydroxylation is 2. The molecule has 2 aliphatic rings. The first kappa shape index (κ1) is 31.0. The Hall–Kier alpha value is -5.03. The van der Waals surface area contributed by atoms with Crippen LogP contribution in [0.5, 0.6) is 5.88 Å². The van der Waals surface area contributed by atoms with Gasteiger partial charge in [0.15, 0.2) is 0 Å². The van der Waals surface area contributed by atoms with E-state index in [0.717, 1.165) is 62.9 Å². The maximum Gasteiger partial charge on any atom is 0.330 e. The van der Waals surface area contributed by atoms with E-state index in [2.05, 4.69) is 35.0 Å². The Bertz CT molecular complexity index is 1990. The van der Waals surface area contributed by atoms with Crippen LogP contribution < -0.4 is 31.9 Å². The minimum absolute atomic E-state index is 0.109. The van der Waals surface area contributed by atoms with Gasteiger partial charge in [0.25, 0.3) is 11.5 Å². The maximum atomic E-state index is 13.2. The van der Waals surface area contributed by atoms with Crippen molar-refractivity contribution >= 4 is 17.5 Å². The smallest absolute Gasteiger partial charge is 0.330 e. The van der Waals surface area contributed by atoms with Crippen LogP contribution in [0.1, 0.15) is 57.9 Å². The Labute approximate surface area is 266 Å². The Morgan fingerprint density at radius 2 is 1.72 bits per heavy atom. The van der Waals surface area contributed by atoms with Gasteiger partial charge in [-0.25, -0.2) is 9.78 Å². The summed E-state index contributed by atoms with van der Waals surface area (Å²) in [6.07, 6.45) is 4.52. The molecule has 3 N–H and O–H groups in total. The van der Waals surface area contributed by atoms with E-state index in [-0.39, 0.29) is 23.6 Å². The number of nitrogens with one attached hydrogen (secondary N) is 3. The van der Waals surface area contributed by atoms with Gasteiger partial charge in [0.05, 0.1) is 12.8 Å². The average Bonchev–Trinajstić information content (AvgIpc) is 3.66. The van der Waals surface area contributed by atoms with Crippen molar-refractivity contribution < 1.29 is 14.3 Å². The highest BCUT2D eigenvalue weighted by atomic mass is 16.5. The molecular weight excluding hydrogens is 584 g/mol. The van der Waals surface area contributed by atoms with Crippen molar-refractivity contribution in [1.29, 1.82) is 0 Å². The summed E-state index contributed by atoms with van der Waals surface area (Å²) >= 11 is 0. The number of amides is 2. The van der Waals surface area contributed by atoms with Crippen LogP contribution in [-0.2, 0) is 25.3 Å². The van der Waals surface area contributed by atoms with E-state index < -0.39 is 17.2 Å². The third-order valence-corrected chi connectivity index (χ3v) is 9.22. The number of fused-ring (bicyclic) bond motifs is 1. The van der Waals surface area contributed by atoms with Crippen molar-refractivity contribution in [3.63, 3.8) is 0 Å². The van der Waals surface area contributed by atoms with Gasteiger partial charge in [-0.3, -0.25) is 19.0 Å². The van der Waals surface area contributed by atoms with Gasteiger partial charge in [-0.1, -0.05) is 30.3 Å². The Balaban J connectivity index is 1.29. The summed E-state index contributed by atoms with van der Waals surface area (Å²) < 4.78 is 7.96. The van der Waals surface area contributed by atoms with Crippen LogP contribution in [0, 0.1) is 13.8 Å². The molecule has 1 aliphatic carbocycles. The zero-order valence-corrected chi connectivity index (χ0v) is 26.7. The van der Waals surface area contributed by atoms with Crippen molar-refractivity contribution in [3.05, 3.63) is 97.3 Å². The van der Waals surface area contributed by atoms with E-state index in [0.29, 0.717) is 24.5 Å². The molecule has 1 fully saturated rings. The predicted octanol–water partition coefficient (Wildman–Crippen LogP) is 3.55. The molecule has 4 aromatic rings. The van der Waals surface area contributed by atoms with Crippen molar-refractivity contribution in [2.45, 2.75) is 51.6 Å². The molecule has 3 heterocycles. The third kappa shape index (κ3) is 5.62. The molecule has 46 heavy (non-hydrogen) atoms. The lowest BCUT2D eigenvalue weighted by Gasteiger charge is -2.20. The summed E-state index contributed by atoms with van der Waals surface area (Å²) in [5.74, 6) is 0.130. The number of hydrogen-bond donors (Lipinski definition) is 3. The van der Waals surface area contributed by atoms with E-state index in [1.807, 2.05) is 31.2 Å². The molecule has 2 atom stereocenters. The normalized spacial score (nSPS) is 17.1. The largest absolute Gasteiger partial charge is 0.481 e. The topological polar surface area (TPSA) is 136 Å². The standard InChI is InChI=1S/C35H38N6O5/c1-19-23(24-9-7-11-27(20(24)2)38-32(43)26-18-40(3)35(45)41(4)34(26)44)8-6-10-25(19)29-16-21-12-14-28(31(21)33(39-29)46-5)36-17-22-13-15-30(42)37-22/h6-11,16,18,22,28,36H,12-15,17H2,1-5H3,(H,37,42)(H,38,43)/t22-,28-/m0/s1. The summed E-state index contributed by atoms with van der Waals surface area (Å²) in [5, 5.41) is 9.52. The average molecular weight is 623 g/mol. The predicted molar refractivity (Wildman–Crippen MR) is 176 cm³/mol. The molecule has 2 aromatic heterocycles. The highest BCUT2D eigenvalue weighted by Gasteiger charge is 2.30. The first-order valence-electron chi connectivity index (χ1n) is 15.5. The fourth-order valence-corrected chi connectivity index (χ4v) is 6.64. The van der Waals surface area contributed by atoms with E-state index >= 15 is 0 Å². The van der Waals surface area contributed by atoms with Gasteiger partial charge in [0.1, 0.15) is 5.56 Å². The number of nitrogens with zero attached hydrogens (tertiary/aromatic N) is 3. The van der Waals surface area contributed by atoms with E-state index in [1.54, 1.807) is 13.2 Å². The van der Waals surface area contributed by atoms with Gasteiger partial charge in [0.2, 0.25) is 11.8 Å². The number of hydrogen-bond acceptors (Lipinski definition) is 7. The lowest BCUT2D eigenvalue weighted by atomic mass is 9.91. The molecule has 0 spiro atoms. The van der Waals surface area contributed by atoms with Crippen LogP contribution in [-0.4, -0.2) is 45.6 Å². The number of aromatic nitrogens is 3. The number of pyridine rings is 1. The van der Waals surface area contributed by atoms with Crippen molar-refractivity contribution in [2.75, 3.05) is 19.0 Å². The van der Waals surface area contributed by atoms with Crippen LogP contribution in [0.2, 0.25) is 0 Å². The van der Waals surface area contributed by atoms with Crippen LogP contribution in [0.4, 0.5) is 5.69 Å².